The van der Waals surface area contributed by atoms with Gasteiger partial charge < -0.3 is 11.1 Å². The van der Waals surface area contributed by atoms with Gasteiger partial charge in [-0.05, 0) is 46.3 Å². The van der Waals surface area contributed by atoms with Crippen molar-refractivity contribution in [2.45, 2.75) is 0 Å². The largest absolute Gasteiger partial charge is 0.399 e. The first-order valence-electron chi connectivity index (χ1n) is 4.68. The van der Waals surface area contributed by atoms with Crippen molar-refractivity contribution in [1.82, 2.24) is 0 Å². The van der Waals surface area contributed by atoms with Crippen LogP contribution in [0.2, 0.25) is 0 Å². The number of hydrogen-bond acceptors (Lipinski definition) is 3. The number of nitrogens with one attached hydrogen (secondary N) is 1. The van der Waals surface area contributed by atoms with Crippen LogP contribution in [0.15, 0.2) is 34.1 Å². The van der Waals surface area contributed by atoms with Gasteiger partial charge in [-0.1, -0.05) is 0 Å². The van der Waals surface area contributed by atoms with Gasteiger partial charge in [0.1, 0.15) is 5.82 Å². The minimum atomic E-state index is -0.547. The molecule has 0 saturated carbocycles. The van der Waals surface area contributed by atoms with Gasteiger partial charge in [0.15, 0.2) is 0 Å². The zero-order valence-electron chi connectivity index (χ0n) is 8.54. The van der Waals surface area contributed by atoms with Gasteiger partial charge >= 0.3 is 0 Å². The van der Waals surface area contributed by atoms with E-state index in [1.807, 2.05) is 0 Å². The summed E-state index contributed by atoms with van der Waals surface area (Å²) in [4.78, 5) is 12.3. The van der Waals surface area contributed by atoms with Crippen LogP contribution >= 0.6 is 27.3 Å². The number of carbonyl (C=O) groups is 1. The third-order valence-corrected chi connectivity index (χ3v) is 3.66. The lowest BCUT2D eigenvalue weighted by molar-refractivity contribution is 0.103. The van der Waals surface area contributed by atoms with Gasteiger partial charge in [-0.25, -0.2) is 4.39 Å². The van der Waals surface area contributed by atoms with E-state index < -0.39 is 5.82 Å². The number of amides is 1. The molecule has 0 radical (unpaired) electrons. The second-order valence-electron chi connectivity index (χ2n) is 3.30. The summed E-state index contributed by atoms with van der Waals surface area (Å²) in [5, 5.41) is 2.49. The molecule has 3 N–H and O–H groups in total. The first-order chi connectivity index (χ1) is 8.06. The lowest BCUT2D eigenvalue weighted by Gasteiger charge is -2.05. The minimum Gasteiger partial charge on any atom is -0.399 e. The van der Waals surface area contributed by atoms with E-state index in [2.05, 4.69) is 21.2 Å². The van der Waals surface area contributed by atoms with Crippen LogP contribution in [0.3, 0.4) is 0 Å². The van der Waals surface area contributed by atoms with Crippen LogP contribution in [-0.4, -0.2) is 5.91 Å². The van der Waals surface area contributed by atoms with E-state index in [4.69, 9.17) is 5.73 Å². The molecule has 6 heteroatoms. The number of benzene rings is 1. The molecule has 0 fully saturated rings. The monoisotopic (exact) mass is 314 g/mol. The molecule has 0 aliphatic heterocycles. The Morgan fingerprint density at radius 3 is 2.71 bits per heavy atom. The molecule has 1 aromatic carbocycles. The third kappa shape index (κ3) is 2.83. The Labute approximate surface area is 110 Å². The zero-order valence-corrected chi connectivity index (χ0v) is 10.9. The molecule has 0 spiro atoms. The van der Waals surface area contributed by atoms with Crippen molar-refractivity contribution < 1.29 is 9.18 Å². The highest BCUT2D eigenvalue weighted by molar-refractivity contribution is 9.11. The van der Waals surface area contributed by atoms with Crippen LogP contribution in [-0.2, 0) is 0 Å². The SMILES string of the molecule is Nc1ccc(NC(=O)c2ccc(Br)s2)c(F)c1. The molecule has 2 aromatic rings. The highest BCUT2D eigenvalue weighted by atomic mass is 79.9. The summed E-state index contributed by atoms with van der Waals surface area (Å²) in [7, 11) is 0. The maximum Gasteiger partial charge on any atom is 0.265 e. The van der Waals surface area contributed by atoms with Crippen LogP contribution in [0.4, 0.5) is 15.8 Å². The summed E-state index contributed by atoms with van der Waals surface area (Å²) in [6, 6.07) is 7.56. The normalized spacial score (nSPS) is 10.2. The van der Waals surface area contributed by atoms with Crippen molar-refractivity contribution in [1.29, 1.82) is 0 Å². The average Bonchev–Trinajstić information content (AvgIpc) is 2.69. The van der Waals surface area contributed by atoms with Crippen LogP contribution in [0.1, 0.15) is 9.67 Å². The van der Waals surface area contributed by atoms with E-state index in [9.17, 15) is 9.18 Å². The van der Waals surface area contributed by atoms with E-state index in [1.54, 1.807) is 12.1 Å². The fourth-order valence-corrected chi connectivity index (χ4v) is 2.53. The number of halogens is 2. The van der Waals surface area contributed by atoms with Gasteiger partial charge in [-0.2, -0.15) is 0 Å². The van der Waals surface area contributed by atoms with E-state index in [-0.39, 0.29) is 11.6 Å². The highest BCUT2D eigenvalue weighted by Crippen LogP contribution is 2.24. The molecule has 0 atom stereocenters. The van der Waals surface area contributed by atoms with Crippen LogP contribution < -0.4 is 11.1 Å². The summed E-state index contributed by atoms with van der Waals surface area (Å²) in [5.41, 5.74) is 5.85. The van der Waals surface area contributed by atoms with Gasteiger partial charge in [0.2, 0.25) is 0 Å². The van der Waals surface area contributed by atoms with Crippen molar-refractivity contribution in [3.63, 3.8) is 0 Å². The Morgan fingerprint density at radius 1 is 1.35 bits per heavy atom. The summed E-state index contributed by atoms with van der Waals surface area (Å²) in [6.45, 7) is 0. The Hall–Kier alpha value is -1.40. The third-order valence-electron chi connectivity index (χ3n) is 2.04. The maximum atomic E-state index is 13.4. The van der Waals surface area contributed by atoms with Gasteiger partial charge in [-0.3, -0.25) is 4.79 Å². The summed E-state index contributed by atoms with van der Waals surface area (Å²) in [5.74, 6) is -0.890. The molecule has 0 aliphatic rings. The number of thiophene rings is 1. The Balaban J connectivity index is 2.18. The fraction of sp³-hybridized carbons (Fsp3) is 0. The second-order valence-corrected chi connectivity index (χ2v) is 5.76. The molecule has 0 aliphatic carbocycles. The fourth-order valence-electron chi connectivity index (χ4n) is 1.25. The van der Waals surface area contributed by atoms with Crippen LogP contribution in [0.25, 0.3) is 0 Å². The lowest BCUT2D eigenvalue weighted by Crippen LogP contribution is -2.11. The van der Waals surface area contributed by atoms with Gasteiger partial charge in [0, 0.05) is 5.69 Å². The first-order valence-corrected chi connectivity index (χ1v) is 6.29. The molecule has 0 saturated heterocycles. The molecule has 1 aromatic heterocycles. The van der Waals surface area contributed by atoms with E-state index in [0.29, 0.717) is 10.6 Å². The van der Waals surface area contributed by atoms with Crippen molar-refractivity contribution in [3.8, 4) is 0 Å². The van der Waals surface area contributed by atoms with Gasteiger partial charge in [0.05, 0.1) is 14.4 Å². The molecule has 0 unspecified atom stereocenters. The smallest absolute Gasteiger partial charge is 0.265 e. The van der Waals surface area contributed by atoms with Crippen LogP contribution in [0, 0.1) is 5.82 Å². The number of nitrogen functional groups attached to an aromatic ring is 1. The molecule has 1 amide bonds. The Kier molecular flexibility index (Phi) is 3.44. The maximum absolute atomic E-state index is 13.4. The minimum absolute atomic E-state index is 0.119. The summed E-state index contributed by atoms with van der Waals surface area (Å²) >= 11 is 4.54. The van der Waals surface area contributed by atoms with Crippen molar-refractivity contribution in [2.24, 2.45) is 0 Å². The quantitative estimate of drug-likeness (QED) is 0.834. The van der Waals surface area contributed by atoms with Gasteiger partial charge in [0.25, 0.3) is 5.91 Å². The molecule has 17 heavy (non-hydrogen) atoms. The number of hydrogen-bond donors (Lipinski definition) is 2. The number of carbonyl (C=O) groups excluding carboxylic acids is 1. The topological polar surface area (TPSA) is 55.1 Å². The lowest BCUT2D eigenvalue weighted by atomic mass is 10.2. The van der Waals surface area contributed by atoms with Crippen molar-refractivity contribution in [2.75, 3.05) is 11.1 Å². The molecular formula is C11H8BrFN2OS. The summed E-state index contributed by atoms with van der Waals surface area (Å²) in [6.07, 6.45) is 0. The van der Waals surface area contributed by atoms with E-state index >= 15 is 0 Å². The molecular weight excluding hydrogens is 307 g/mol. The van der Waals surface area contributed by atoms with E-state index in [1.165, 1.54) is 29.5 Å². The Bertz CT molecular complexity index is 570. The number of anilines is 2. The van der Waals surface area contributed by atoms with Crippen molar-refractivity contribution >= 4 is 44.5 Å². The second kappa shape index (κ2) is 4.85. The van der Waals surface area contributed by atoms with Crippen LogP contribution in [0.5, 0.6) is 0 Å². The first kappa shape index (κ1) is 12.1. The molecule has 2 rings (SSSR count). The molecule has 1 heterocycles. The Morgan fingerprint density at radius 2 is 2.12 bits per heavy atom. The summed E-state index contributed by atoms with van der Waals surface area (Å²) < 4.78 is 14.3. The molecule has 0 bridgehead atoms. The zero-order chi connectivity index (χ0) is 12.4. The molecule has 3 nitrogen and oxygen atoms in total. The number of rotatable bonds is 2. The number of nitrogens with two attached hydrogens (primary N) is 1. The molecule has 88 valence electrons. The predicted octanol–water partition coefficient (Wildman–Crippen LogP) is 3.48. The highest BCUT2D eigenvalue weighted by Gasteiger charge is 2.11. The average molecular weight is 315 g/mol. The predicted molar refractivity (Wildman–Crippen MR) is 70.8 cm³/mol. The van der Waals surface area contributed by atoms with E-state index in [0.717, 1.165) is 3.79 Å². The van der Waals surface area contributed by atoms with Crippen molar-refractivity contribution in [3.05, 3.63) is 44.8 Å². The standard InChI is InChI=1S/C11H8BrFN2OS/c12-10-4-3-9(17-10)11(16)15-8-2-1-6(14)5-7(8)13/h1-5H,14H2,(H,15,16). The van der Waals surface area contributed by atoms with Gasteiger partial charge in [-0.15, -0.1) is 11.3 Å².